The Morgan fingerprint density at radius 2 is 1.82 bits per heavy atom. The van der Waals surface area contributed by atoms with E-state index in [0.717, 1.165) is 15.6 Å². The van der Waals surface area contributed by atoms with E-state index in [1.807, 2.05) is 36.5 Å². The van der Waals surface area contributed by atoms with E-state index in [1.54, 1.807) is 0 Å². The van der Waals surface area contributed by atoms with E-state index in [0.29, 0.717) is 11.3 Å². The molecule has 1 aliphatic rings. The fraction of sp³-hybridized carbons (Fsp3) is 0.375. The standard InChI is InChI=1S/C24H27FN4O5/c1-28-24(31)21(13-18-5-3-2-4-6-18)27-23(30)16-33-10-9-32-11-12-34-22-8-7-20(25)14-19(22)15-29(28)17-26/h2-8,14,21H,9-13,15-16H2,1H3,(H,27,30)/t21-/m0/s1. The minimum Gasteiger partial charge on any atom is -0.491 e. The van der Waals surface area contributed by atoms with Crippen molar-refractivity contribution in [2.24, 2.45) is 0 Å². The van der Waals surface area contributed by atoms with Crippen molar-refractivity contribution >= 4 is 11.8 Å². The molecule has 0 aromatic heterocycles. The van der Waals surface area contributed by atoms with Gasteiger partial charge in [-0.3, -0.25) is 9.59 Å². The van der Waals surface area contributed by atoms with Crippen LogP contribution in [0.5, 0.6) is 5.75 Å². The Balaban J connectivity index is 1.87. The fourth-order valence-electron chi connectivity index (χ4n) is 3.41. The van der Waals surface area contributed by atoms with Gasteiger partial charge in [-0.1, -0.05) is 30.3 Å². The van der Waals surface area contributed by atoms with Gasteiger partial charge in [0.1, 0.15) is 30.8 Å². The molecule has 1 aliphatic heterocycles. The van der Waals surface area contributed by atoms with Gasteiger partial charge in [0, 0.05) is 19.0 Å². The minimum absolute atomic E-state index is 0.109. The first-order valence-electron chi connectivity index (χ1n) is 10.8. The summed E-state index contributed by atoms with van der Waals surface area (Å²) in [6.45, 7) is 0.543. The summed E-state index contributed by atoms with van der Waals surface area (Å²) >= 11 is 0. The Morgan fingerprint density at radius 3 is 2.59 bits per heavy atom. The number of hydrogen-bond donors (Lipinski definition) is 1. The van der Waals surface area contributed by atoms with Gasteiger partial charge in [-0.05, 0) is 23.8 Å². The van der Waals surface area contributed by atoms with Gasteiger partial charge < -0.3 is 19.5 Å². The zero-order valence-corrected chi connectivity index (χ0v) is 18.9. The topological polar surface area (TPSA) is 104 Å². The van der Waals surface area contributed by atoms with E-state index in [4.69, 9.17) is 14.2 Å². The van der Waals surface area contributed by atoms with Crippen molar-refractivity contribution in [3.63, 3.8) is 0 Å². The molecule has 2 amide bonds. The van der Waals surface area contributed by atoms with E-state index >= 15 is 0 Å². The van der Waals surface area contributed by atoms with Gasteiger partial charge in [-0.2, -0.15) is 5.26 Å². The second-order valence-corrected chi connectivity index (χ2v) is 7.59. The summed E-state index contributed by atoms with van der Waals surface area (Å²) in [6, 6.07) is 12.2. The quantitative estimate of drug-likeness (QED) is 0.666. The molecular formula is C24H27FN4O5. The molecule has 1 N–H and O–H groups in total. The molecule has 9 nitrogen and oxygen atoms in total. The zero-order valence-electron chi connectivity index (χ0n) is 18.9. The minimum atomic E-state index is -0.950. The summed E-state index contributed by atoms with van der Waals surface area (Å²) in [4.78, 5) is 25.8. The highest BCUT2D eigenvalue weighted by atomic mass is 19.1. The van der Waals surface area contributed by atoms with E-state index < -0.39 is 23.7 Å². The average Bonchev–Trinajstić information content (AvgIpc) is 2.84. The Kier molecular flexibility index (Phi) is 9.20. The monoisotopic (exact) mass is 470 g/mol. The van der Waals surface area contributed by atoms with Gasteiger partial charge in [-0.15, -0.1) is 0 Å². The van der Waals surface area contributed by atoms with Crippen molar-refractivity contribution in [2.45, 2.75) is 19.0 Å². The normalized spacial score (nSPS) is 18.8. The molecule has 2 aromatic carbocycles. The maximum Gasteiger partial charge on any atom is 0.264 e. The van der Waals surface area contributed by atoms with Crippen molar-refractivity contribution in [3.05, 3.63) is 65.5 Å². The van der Waals surface area contributed by atoms with Crippen LogP contribution < -0.4 is 10.1 Å². The number of benzene rings is 2. The Bertz CT molecular complexity index is 1010. The van der Waals surface area contributed by atoms with Crippen molar-refractivity contribution in [2.75, 3.05) is 40.1 Å². The lowest BCUT2D eigenvalue weighted by Gasteiger charge is -2.31. The van der Waals surface area contributed by atoms with Crippen LogP contribution in [-0.2, 0) is 32.0 Å². The molecule has 0 radical (unpaired) electrons. The Labute approximate surface area is 197 Å². The largest absolute Gasteiger partial charge is 0.491 e. The molecule has 0 unspecified atom stereocenters. The lowest BCUT2D eigenvalue weighted by molar-refractivity contribution is -0.146. The molecule has 10 heteroatoms. The number of likely N-dealkylation sites (N-methyl/N-ethyl adjacent to an activating group) is 1. The molecule has 0 spiro atoms. The van der Waals surface area contributed by atoms with E-state index in [-0.39, 0.29) is 46.0 Å². The van der Waals surface area contributed by atoms with Crippen LogP contribution in [0.15, 0.2) is 48.5 Å². The third-order valence-electron chi connectivity index (χ3n) is 5.15. The summed E-state index contributed by atoms with van der Waals surface area (Å²) in [5.41, 5.74) is 1.22. The molecule has 1 atom stereocenters. The summed E-state index contributed by atoms with van der Waals surface area (Å²) in [6.07, 6.45) is 2.17. The SMILES string of the molecule is CN1C(=O)[C@H](Cc2ccccc2)NC(=O)COCCOCCOc2ccc(F)cc2CN1C#N. The predicted molar refractivity (Wildman–Crippen MR) is 120 cm³/mol. The average molecular weight is 471 g/mol. The maximum atomic E-state index is 13.9. The predicted octanol–water partition coefficient (Wildman–Crippen LogP) is 1.64. The molecule has 3 rings (SSSR count). The summed E-state index contributed by atoms with van der Waals surface area (Å²) < 4.78 is 30.4. The number of carbonyl (C=O) groups is 2. The number of nitriles is 1. The second kappa shape index (κ2) is 12.5. The van der Waals surface area contributed by atoms with Crippen LogP contribution in [-0.4, -0.2) is 68.0 Å². The fourth-order valence-corrected chi connectivity index (χ4v) is 3.41. The first-order valence-corrected chi connectivity index (χ1v) is 10.8. The van der Waals surface area contributed by atoms with E-state index in [1.165, 1.54) is 25.2 Å². The molecular weight excluding hydrogens is 443 g/mol. The van der Waals surface area contributed by atoms with Gasteiger partial charge in [0.2, 0.25) is 5.91 Å². The lowest BCUT2D eigenvalue weighted by Crippen LogP contribution is -2.53. The second-order valence-electron chi connectivity index (χ2n) is 7.59. The number of nitrogens with zero attached hydrogens (tertiary/aromatic N) is 3. The number of carbonyl (C=O) groups excluding carboxylic acids is 2. The smallest absolute Gasteiger partial charge is 0.264 e. The Hall–Kier alpha value is -3.68. The Morgan fingerprint density at radius 1 is 1.09 bits per heavy atom. The van der Waals surface area contributed by atoms with Gasteiger partial charge in [0.05, 0.1) is 26.4 Å². The number of halogens is 1. The number of rotatable bonds is 2. The van der Waals surface area contributed by atoms with Crippen LogP contribution in [0.1, 0.15) is 11.1 Å². The van der Waals surface area contributed by atoms with Crippen LogP contribution in [0, 0.1) is 17.3 Å². The molecule has 2 aromatic rings. The molecule has 34 heavy (non-hydrogen) atoms. The highest BCUT2D eigenvalue weighted by Gasteiger charge is 2.28. The number of amides is 2. The maximum absolute atomic E-state index is 13.9. The molecule has 1 heterocycles. The van der Waals surface area contributed by atoms with Crippen molar-refractivity contribution in [3.8, 4) is 11.9 Å². The van der Waals surface area contributed by atoms with E-state index in [2.05, 4.69) is 5.32 Å². The van der Waals surface area contributed by atoms with Crippen LogP contribution >= 0.6 is 0 Å². The van der Waals surface area contributed by atoms with Crippen molar-refractivity contribution < 1.29 is 28.2 Å². The van der Waals surface area contributed by atoms with Gasteiger partial charge in [0.15, 0.2) is 6.19 Å². The van der Waals surface area contributed by atoms with Crippen molar-refractivity contribution in [1.29, 1.82) is 5.26 Å². The third kappa shape index (κ3) is 7.16. The van der Waals surface area contributed by atoms with Crippen LogP contribution in [0.25, 0.3) is 0 Å². The highest BCUT2D eigenvalue weighted by Crippen LogP contribution is 2.22. The van der Waals surface area contributed by atoms with Crippen molar-refractivity contribution in [1.82, 2.24) is 15.3 Å². The molecule has 0 fully saturated rings. The third-order valence-corrected chi connectivity index (χ3v) is 5.15. The number of nitrogens with one attached hydrogen (secondary N) is 1. The van der Waals surface area contributed by atoms with Gasteiger partial charge >= 0.3 is 0 Å². The molecule has 180 valence electrons. The lowest BCUT2D eigenvalue weighted by atomic mass is 10.1. The first kappa shape index (κ1) is 25.0. The summed E-state index contributed by atoms with van der Waals surface area (Å²) in [5, 5.41) is 14.6. The summed E-state index contributed by atoms with van der Waals surface area (Å²) in [5.74, 6) is -1.10. The van der Waals surface area contributed by atoms with E-state index in [9.17, 15) is 19.2 Å². The molecule has 0 saturated heterocycles. The molecule has 0 bridgehead atoms. The molecule has 0 saturated carbocycles. The number of hydrazine groups is 1. The number of hydrogen-bond acceptors (Lipinski definition) is 7. The number of fused-ring (bicyclic) bond motifs is 1. The summed E-state index contributed by atoms with van der Waals surface area (Å²) in [7, 11) is 1.42. The van der Waals surface area contributed by atoms with Crippen LogP contribution in [0.2, 0.25) is 0 Å². The van der Waals surface area contributed by atoms with Gasteiger partial charge in [0.25, 0.3) is 5.91 Å². The van der Waals surface area contributed by atoms with Crippen LogP contribution in [0.3, 0.4) is 0 Å². The first-order chi connectivity index (χ1) is 16.5. The zero-order chi connectivity index (χ0) is 24.3. The van der Waals surface area contributed by atoms with Gasteiger partial charge in [-0.25, -0.2) is 14.4 Å². The highest BCUT2D eigenvalue weighted by molar-refractivity contribution is 5.88. The van der Waals surface area contributed by atoms with Crippen LogP contribution in [0.4, 0.5) is 4.39 Å². The molecule has 0 aliphatic carbocycles. The number of ether oxygens (including phenoxy) is 3.